The molecule has 0 aliphatic carbocycles. The van der Waals surface area contributed by atoms with Crippen LogP contribution in [-0.4, -0.2) is 23.3 Å². The van der Waals surface area contributed by atoms with Gasteiger partial charge in [0.15, 0.2) is 12.4 Å². The summed E-state index contributed by atoms with van der Waals surface area (Å²) in [4.78, 5) is 31.2. The fraction of sp³-hybridized carbons (Fsp3) is 0.250. The molecule has 32 heavy (non-hydrogen) atoms. The SMILES string of the molecule is CC(=O)N1CC(C)(C)c2ccc(NC(=O)c3cccnc3NCc3cc[n+]([NH-])cc3)cc21. The molecule has 3 heterocycles. The molecular weight excluding hydrogens is 404 g/mol. The Balaban J connectivity index is 1.53. The van der Waals surface area contributed by atoms with Crippen LogP contribution in [0.4, 0.5) is 17.2 Å². The Bertz CT molecular complexity index is 1170. The van der Waals surface area contributed by atoms with Gasteiger partial charge in [-0.2, -0.15) is 0 Å². The third-order valence-electron chi connectivity index (χ3n) is 5.62. The van der Waals surface area contributed by atoms with Gasteiger partial charge in [-0.25, -0.2) is 9.66 Å². The molecule has 8 nitrogen and oxygen atoms in total. The van der Waals surface area contributed by atoms with Gasteiger partial charge in [0.25, 0.3) is 5.91 Å². The van der Waals surface area contributed by atoms with E-state index < -0.39 is 0 Å². The fourth-order valence-corrected chi connectivity index (χ4v) is 3.94. The van der Waals surface area contributed by atoms with Crippen molar-refractivity contribution in [2.24, 2.45) is 0 Å². The van der Waals surface area contributed by atoms with Crippen molar-refractivity contribution >= 4 is 29.0 Å². The third-order valence-corrected chi connectivity index (χ3v) is 5.62. The quantitative estimate of drug-likeness (QED) is 0.603. The molecule has 1 aromatic carbocycles. The van der Waals surface area contributed by atoms with Crippen LogP contribution in [0.1, 0.15) is 42.3 Å². The molecule has 164 valence electrons. The van der Waals surface area contributed by atoms with Crippen molar-refractivity contribution in [3.05, 3.63) is 83.6 Å². The van der Waals surface area contributed by atoms with Crippen LogP contribution in [-0.2, 0) is 16.8 Å². The van der Waals surface area contributed by atoms with Crippen LogP contribution in [0.2, 0.25) is 0 Å². The van der Waals surface area contributed by atoms with E-state index in [0.29, 0.717) is 30.2 Å². The Hall–Kier alpha value is -3.94. The first-order valence-electron chi connectivity index (χ1n) is 10.4. The van der Waals surface area contributed by atoms with E-state index in [1.807, 2.05) is 30.3 Å². The minimum absolute atomic E-state index is 0.0177. The lowest BCUT2D eigenvalue weighted by Gasteiger charge is -2.19. The lowest BCUT2D eigenvalue weighted by molar-refractivity contribution is -0.605. The summed E-state index contributed by atoms with van der Waals surface area (Å²) in [7, 11) is 0. The number of nitrogens with one attached hydrogen (secondary N) is 3. The average molecular weight is 431 g/mol. The van der Waals surface area contributed by atoms with Gasteiger partial charge in [0.05, 0.1) is 5.56 Å². The van der Waals surface area contributed by atoms with Crippen molar-refractivity contribution in [2.45, 2.75) is 32.7 Å². The highest BCUT2D eigenvalue weighted by atomic mass is 16.2. The van der Waals surface area contributed by atoms with Crippen LogP contribution >= 0.6 is 0 Å². The van der Waals surface area contributed by atoms with Crippen LogP contribution in [0.3, 0.4) is 0 Å². The van der Waals surface area contributed by atoms with E-state index in [1.165, 1.54) is 4.68 Å². The summed E-state index contributed by atoms with van der Waals surface area (Å²) in [6, 6.07) is 12.8. The maximum Gasteiger partial charge on any atom is 0.259 e. The molecule has 1 aliphatic rings. The van der Waals surface area contributed by atoms with E-state index in [1.54, 1.807) is 42.5 Å². The minimum atomic E-state index is -0.288. The van der Waals surface area contributed by atoms with Gasteiger partial charge < -0.3 is 21.4 Å². The largest absolute Gasteiger partial charge is 0.449 e. The summed E-state index contributed by atoms with van der Waals surface area (Å²) < 4.78 is 1.22. The number of carbonyl (C=O) groups excluding carboxylic acids is 2. The number of rotatable bonds is 5. The first-order chi connectivity index (χ1) is 15.2. The molecular formula is C24H26N6O2. The number of anilines is 3. The van der Waals surface area contributed by atoms with Crippen LogP contribution in [0, 0.1) is 0 Å². The highest BCUT2D eigenvalue weighted by molar-refractivity contribution is 6.08. The van der Waals surface area contributed by atoms with Gasteiger partial charge in [-0.05, 0) is 35.4 Å². The number of hydrogen-bond acceptors (Lipinski definition) is 4. The fourth-order valence-electron chi connectivity index (χ4n) is 3.94. The summed E-state index contributed by atoms with van der Waals surface area (Å²) in [6.07, 6.45) is 4.91. The number of amides is 2. The Labute approximate surface area is 187 Å². The van der Waals surface area contributed by atoms with E-state index >= 15 is 0 Å². The molecule has 0 saturated carbocycles. The van der Waals surface area contributed by atoms with Gasteiger partial charge in [0, 0.05) is 55.1 Å². The van der Waals surface area contributed by atoms with Gasteiger partial charge in [0.2, 0.25) is 5.91 Å². The van der Waals surface area contributed by atoms with Crippen molar-refractivity contribution in [3.8, 4) is 0 Å². The molecule has 2 aromatic heterocycles. The van der Waals surface area contributed by atoms with Gasteiger partial charge in [-0.3, -0.25) is 9.59 Å². The predicted molar refractivity (Wildman–Crippen MR) is 123 cm³/mol. The smallest absolute Gasteiger partial charge is 0.259 e. The van der Waals surface area contributed by atoms with E-state index in [2.05, 4.69) is 29.5 Å². The summed E-state index contributed by atoms with van der Waals surface area (Å²) in [5, 5.41) is 6.13. The topological polar surface area (TPSA) is 102 Å². The van der Waals surface area contributed by atoms with Gasteiger partial charge in [-0.1, -0.05) is 19.9 Å². The normalized spacial score (nSPS) is 14.0. The van der Waals surface area contributed by atoms with Crippen molar-refractivity contribution in [3.63, 3.8) is 0 Å². The number of nitrogens with zero attached hydrogens (tertiary/aromatic N) is 3. The molecule has 0 bridgehead atoms. The first kappa shape index (κ1) is 21.3. The van der Waals surface area contributed by atoms with Crippen LogP contribution in [0.15, 0.2) is 61.1 Å². The summed E-state index contributed by atoms with van der Waals surface area (Å²) in [5.74, 6) is 7.67. The Kier molecular flexibility index (Phi) is 5.52. The van der Waals surface area contributed by atoms with Gasteiger partial charge in [-0.15, -0.1) is 0 Å². The molecule has 0 radical (unpaired) electrons. The lowest BCUT2D eigenvalue weighted by atomic mass is 9.87. The van der Waals surface area contributed by atoms with E-state index in [9.17, 15) is 9.59 Å². The second-order valence-electron chi connectivity index (χ2n) is 8.54. The molecule has 4 rings (SSSR count). The zero-order valence-electron chi connectivity index (χ0n) is 18.3. The highest BCUT2D eigenvalue weighted by Crippen LogP contribution is 2.41. The number of pyridine rings is 2. The van der Waals surface area contributed by atoms with Crippen molar-refractivity contribution < 1.29 is 14.3 Å². The molecule has 3 N–H and O–H groups in total. The van der Waals surface area contributed by atoms with E-state index in [4.69, 9.17) is 5.84 Å². The zero-order valence-corrected chi connectivity index (χ0v) is 18.3. The number of benzene rings is 1. The minimum Gasteiger partial charge on any atom is -0.449 e. The second kappa shape index (κ2) is 8.30. The number of hydrogen-bond donors (Lipinski definition) is 2. The average Bonchev–Trinajstić information content (AvgIpc) is 3.04. The molecule has 0 unspecified atom stereocenters. The molecule has 0 fully saturated rings. The van der Waals surface area contributed by atoms with Crippen LogP contribution in [0.5, 0.6) is 0 Å². The molecule has 8 heteroatoms. The number of carbonyl (C=O) groups is 2. The summed E-state index contributed by atoms with van der Waals surface area (Å²) in [5.41, 5.74) is 3.79. The van der Waals surface area contributed by atoms with E-state index in [-0.39, 0.29) is 17.2 Å². The van der Waals surface area contributed by atoms with Crippen LogP contribution < -0.4 is 20.2 Å². The molecule has 1 aliphatic heterocycles. The zero-order chi connectivity index (χ0) is 22.9. The molecule has 0 atom stereocenters. The summed E-state index contributed by atoms with van der Waals surface area (Å²) in [6.45, 7) is 6.86. The Morgan fingerprint density at radius 2 is 1.94 bits per heavy atom. The van der Waals surface area contributed by atoms with Crippen molar-refractivity contribution in [1.82, 2.24) is 4.98 Å². The van der Waals surface area contributed by atoms with Crippen LogP contribution in [0.25, 0.3) is 5.84 Å². The molecule has 0 spiro atoms. The Morgan fingerprint density at radius 3 is 2.66 bits per heavy atom. The van der Waals surface area contributed by atoms with Crippen molar-refractivity contribution in [1.29, 1.82) is 0 Å². The summed E-state index contributed by atoms with van der Waals surface area (Å²) >= 11 is 0. The number of aromatic nitrogens is 2. The molecule has 0 saturated heterocycles. The second-order valence-corrected chi connectivity index (χ2v) is 8.54. The lowest BCUT2D eigenvalue weighted by Crippen LogP contribution is -2.32. The Morgan fingerprint density at radius 1 is 1.19 bits per heavy atom. The standard InChI is InChI=1S/C24H26N6O2/c1-16(31)30-15-24(2,3)20-7-6-18(13-21(20)30)28-23(32)19-5-4-10-26-22(19)27-14-17-8-11-29(25)12-9-17/h4-13,25H,14-15H2,1-3H3,(H,26,27)(H,28,32). The first-order valence-corrected chi connectivity index (χ1v) is 10.4. The maximum atomic E-state index is 13.0. The maximum absolute atomic E-state index is 13.0. The van der Waals surface area contributed by atoms with E-state index in [0.717, 1.165) is 16.8 Å². The molecule has 2 amide bonds. The number of fused-ring (bicyclic) bond motifs is 1. The molecule has 3 aromatic rings. The third kappa shape index (κ3) is 4.25. The highest BCUT2D eigenvalue weighted by Gasteiger charge is 2.37. The van der Waals surface area contributed by atoms with Gasteiger partial charge in [0.1, 0.15) is 5.82 Å². The monoisotopic (exact) mass is 430 g/mol. The predicted octanol–water partition coefficient (Wildman–Crippen LogP) is 3.69. The van der Waals surface area contributed by atoms with Gasteiger partial charge >= 0.3 is 0 Å². The van der Waals surface area contributed by atoms with Crippen molar-refractivity contribution in [2.75, 3.05) is 22.1 Å².